The van der Waals surface area contributed by atoms with E-state index in [9.17, 15) is 0 Å². The lowest BCUT2D eigenvalue weighted by atomic mass is 10.1. The van der Waals surface area contributed by atoms with Gasteiger partial charge < -0.3 is 19.7 Å². The Morgan fingerprint density at radius 3 is 2.50 bits per heavy atom. The molecular weight excluding hydrogens is 362 g/mol. The van der Waals surface area contributed by atoms with Gasteiger partial charge in [0.2, 0.25) is 0 Å². The molecule has 0 atom stereocenters. The summed E-state index contributed by atoms with van der Waals surface area (Å²) in [5.74, 6) is -2.73. The summed E-state index contributed by atoms with van der Waals surface area (Å²) in [4.78, 5) is 20.6. The van der Waals surface area contributed by atoms with Crippen LogP contribution < -0.4 is 4.74 Å². The van der Waals surface area contributed by atoms with Crippen LogP contribution in [0.4, 0.5) is 0 Å². The summed E-state index contributed by atoms with van der Waals surface area (Å²) in [6.45, 7) is 9.31. The molecule has 0 saturated carbocycles. The van der Waals surface area contributed by atoms with Gasteiger partial charge in [-0.1, -0.05) is 17.7 Å². The van der Waals surface area contributed by atoms with Crippen molar-refractivity contribution in [3.63, 3.8) is 0 Å². The van der Waals surface area contributed by atoms with E-state index in [1.807, 2.05) is 24.3 Å². The maximum Gasteiger partial charge on any atom is 0.414 e. The van der Waals surface area contributed by atoms with Gasteiger partial charge in [-0.25, -0.2) is 9.59 Å². The number of aliphatic carboxylic acids is 2. The first-order valence-electron chi connectivity index (χ1n) is 8.22. The zero-order chi connectivity index (χ0) is 19.4. The molecule has 0 aliphatic carbocycles. The van der Waals surface area contributed by atoms with Crippen LogP contribution in [0.25, 0.3) is 0 Å². The molecule has 1 aromatic carbocycles. The predicted molar refractivity (Wildman–Crippen MR) is 98.0 cm³/mol. The number of carboxylic acids is 2. The standard InChI is InChI=1S/C16H22ClNO2.C2H2O4/c1-2-4-14-13-15(17)5-6-16(14)20-10-3-7-18-8-11-19-12-9-18;3-1(4)2(5)6/h2,5-6,13H,1,3-4,7-12H2;(H,3,4)(H,5,6). The predicted octanol–water partition coefficient (Wildman–Crippen LogP) is 2.33. The summed E-state index contributed by atoms with van der Waals surface area (Å²) in [5.41, 5.74) is 1.10. The Morgan fingerprint density at radius 1 is 1.27 bits per heavy atom. The normalized spacial score (nSPS) is 14.0. The molecule has 1 aliphatic rings. The molecule has 0 unspecified atom stereocenters. The largest absolute Gasteiger partial charge is 0.493 e. The number of carboxylic acid groups (broad SMARTS) is 2. The summed E-state index contributed by atoms with van der Waals surface area (Å²) < 4.78 is 11.2. The molecule has 26 heavy (non-hydrogen) atoms. The topological polar surface area (TPSA) is 96.3 Å². The first-order valence-corrected chi connectivity index (χ1v) is 8.60. The summed E-state index contributed by atoms with van der Waals surface area (Å²) in [6, 6.07) is 5.75. The number of nitrogens with zero attached hydrogens (tertiary/aromatic N) is 1. The molecule has 1 aliphatic heterocycles. The van der Waals surface area contributed by atoms with Gasteiger partial charge in [0.15, 0.2) is 0 Å². The average Bonchev–Trinajstić information content (AvgIpc) is 2.62. The van der Waals surface area contributed by atoms with Gasteiger partial charge in [-0.05, 0) is 36.6 Å². The van der Waals surface area contributed by atoms with Crippen LogP contribution in [-0.2, 0) is 20.7 Å². The van der Waals surface area contributed by atoms with Crippen LogP contribution in [0.2, 0.25) is 5.02 Å². The minimum absolute atomic E-state index is 0.725. The van der Waals surface area contributed by atoms with E-state index in [2.05, 4.69) is 11.5 Å². The van der Waals surface area contributed by atoms with Gasteiger partial charge in [0.25, 0.3) is 0 Å². The van der Waals surface area contributed by atoms with Crippen LogP contribution in [-0.4, -0.2) is 66.5 Å². The minimum atomic E-state index is -1.82. The Bertz CT molecular complexity index is 589. The lowest BCUT2D eigenvalue weighted by Crippen LogP contribution is -2.37. The molecule has 1 heterocycles. The Hall–Kier alpha value is -2.09. The van der Waals surface area contributed by atoms with Crippen molar-refractivity contribution in [2.24, 2.45) is 0 Å². The van der Waals surface area contributed by atoms with Gasteiger partial charge in [-0.3, -0.25) is 4.90 Å². The summed E-state index contributed by atoms with van der Waals surface area (Å²) in [6.07, 6.45) is 3.67. The van der Waals surface area contributed by atoms with Crippen molar-refractivity contribution in [2.75, 3.05) is 39.5 Å². The van der Waals surface area contributed by atoms with E-state index in [1.165, 1.54) is 0 Å². The molecule has 1 fully saturated rings. The van der Waals surface area contributed by atoms with Crippen molar-refractivity contribution in [1.82, 2.24) is 4.90 Å². The van der Waals surface area contributed by atoms with Crippen LogP contribution in [0.3, 0.4) is 0 Å². The van der Waals surface area contributed by atoms with E-state index in [0.29, 0.717) is 0 Å². The highest BCUT2D eigenvalue weighted by atomic mass is 35.5. The van der Waals surface area contributed by atoms with Crippen LogP contribution >= 0.6 is 11.6 Å². The zero-order valence-electron chi connectivity index (χ0n) is 14.5. The molecule has 8 heteroatoms. The quantitative estimate of drug-likeness (QED) is 0.422. The van der Waals surface area contributed by atoms with Crippen molar-refractivity contribution >= 4 is 23.5 Å². The molecule has 0 bridgehead atoms. The number of hydrogen-bond donors (Lipinski definition) is 2. The van der Waals surface area contributed by atoms with Gasteiger partial charge in [0.05, 0.1) is 19.8 Å². The molecule has 2 rings (SSSR count). The third-order valence-electron chi connectivity index (χ3n) is 3.55. The highest BCUT2D eigenvalue weighted by Gasteiger charge is 2.10. The van der Waals surface area contributed by atoms with Crippen LogP contribution in [0.5, 0.6) is 5.75 Å². The summed E-state index contributed by atoms with van der Waals surface area (Å²) >= 11 is 6.01. The van der Waals surface area contributed by atoms with Crippen LogP contribution in [0.15, 0.2) is 30.9 Å². The Kier molecular flexibility index (Phi) is 10.4. The minimum Gasteiger partial charge on any atom is -0.493 e. The van der Waals surface area contributed by atoms with E-state index in [1.54, 1.807) is 0 Å². The third-order valence-corrected chi connectivity index (χ3v) is 3.78. The molecule has 0 amide bonds. The zero-order valence-corrected chi connectivity index (χ0v) is 15.3. The highest BCUT2D eigenvalue weighted by molar-refractivity contribution is 6.30. The molecule has 1 aromatic rings. The number of allylic oxidation sites excluding steroid dienone is 1. The summed E-state index contributed by atoms with van der Waals surface area (Å²) in [7, 11) is 0. The molecule has 7 nitrogen and oxygen atoms in total. The molecular formula is C18H24ClNO6. The smallest absolute Gasteiger partial charge is 0.414 e. The fourth-order valence-electron chi connectivity index (χ4n) is 2.30. The fraction of sp³-hybridized carbons (Fsp3) is 0.444. The number of carbonyl (C=O) groups is 2. The van der Waals surface area contributed by atoms with E-state index in [0.717, 1.165) is 68.6 Å². The lowest BCUT2D eigenvalue weighted by Gasteiger charge is -2.26. The number of benzene rings is 1. The van der Waals surface area contributed by atoms with E-state index >= 15 is 0 Å². The SMILES string of the molecule is C=CCc1cc(Cl)ccc1OCCCN1CCOCC1.O=C(O)C(=O)O. The van der Waals surface area contributed by atoms with Crippen molar-refractivity contribution in [1.29, 1.82) is 0 Å². The maximum absolute atomic E-state index is 9.10. The van der Waals surface area contributed by atoms with Crippen LogP contribution in [0, 0.1) is 0 Å². The number of morpholine rings is 1. The van der Waals surface area contributed by atoms with E-state index in [-0.39, 0.29) is 0 Å². The molecule has 0 radical (unpaired) electrons. The van der Waals surface area contributed by atoms with Crippen molar-refractivity contribution in [3.8, 4) is 5.75 Å². The van der Waals surface area contributed by atoms with E-state index < -0.39 is 11.9 Å². The Morgan fingerprint density at radius 2 is 1.92 bits per heavy atom. The number of halogens is 1. The molecule has 0 spiro atoms. The van der Waals surface area contributed by atoms with E-state index in [4.69, 9.17) is 40.9 Å². The van der Waals surface area contributed by atoms with Gasteiger partial charge in [-0.15, -0.1) is 6.58 Å². The first kappa shape index (κ1) is 22.0. The third kappa shape index (κ3) is 8.84. The number of rotatable bonds is 7. The first-order chi connectivity index (χ1) is 12.4. The number of hydrogen-bond acceptors (Lipinski definition) is 5. The monoisotopic (exact) mass is 385 g/mol. The molecule has 0 aromatic heterocycles. The van der Waals surface area contributed by atoms with Gasteiger partial charge in [-0.2, -0.15) is 0 Å². The van der Waals surface area contributed by atoms with Crippen LogP contribution in [0.1, 0.15) is 12.0 Å². The average molecular weight is 386 g/mol. The molecule has 144 valence electrons. The van der Waals surface area contributed by atoms with Gasteiger partial charge >= 0.3 is 11.9 Å². The van der Waals surface area contributed by atoms with Gasteiger partial charge in [0, 0.05) is 24.7 Å². The number of ether oxygens (including phenoxy) is 2. The molecule has 2 N–H and O–H groups in total. The summed E-state index contributed by atoms with van der Waals surface area (Å²) in [5, 5.41) is 15.5. The van der Waals surface area contributed by atoms with Crippen molar-refractivity contribution in [2.45, 2.75) is 12.8 Å². The fourth-order valence-corrected chi connectivity index (χ4v) is 2.49. The van der Waals surface area contributed by atoms with Gasteiger partial charge in [0.1, 0.15) is 5.75 Å². The van der Waals surface area contributed by atoms with Crippen molar-refractivity contribution in [3.05, 3.63) is 41.4 Å². The second-order valence-corrected chi connectivity index (χ2v) is 5.95. The second-order valence-electron chi connectivity index (χ2n) is 5.51. The molecule has 1 saturated heterocycles. The highest BCUT2D eigenvalue weighted by Crippen LogP contribution is 2.23. The second kappa shape index (κ2) is 12.3. The Labute approximate surface area is 157 Å². The lowest BCUT2D eigenvalue weighted by molar-refractivity contribution is -0.159. The van der Waals surface area contributed by atoms with Crippen molar-refractivity contribution < 1.29 is 29.3 Å². The Balaban J connectivity index is 0.000000487. The maximum atomic E-state index is 9.10.